The summed E-state index contributed by atoms with van der Waals surface area (Å²) in [6.45, 7) is 0.118. The maximum Gasteiger partial charge on any atom is 0.272 e. The lowest BCUT2D eigenvalue weighted by Gasteiger charge is -2.12. The summed E-state index contributed by atoms with van der Waals surface area (Å²) in [6.07, 6.45) is 1.99. The first kappa shape index (κ1) is 17.8. The number of rotatable bonds is 5. The van der Waals surface area contributed by atoms with E-state index in [0.717, 1.165) is 36.2 Å². The number of aliphatic hydroxyl groups excluding tert-OH is 1. The largest absolute Gasteiger partial charge is 0.387 e. The SMILES string of the molecule is O=C(NC[C@@H](O)c1ccc(Cl)cc1)c1nn(-c2ccccc2)c2c1CCC2. The Hall–Kier alpha value is -2.63. The van der Waals surface area contributed by atoms with Gasteiger partial charge >= 0.3 is 0 Å². The Balaban J connectivity index is 1.52. The molecule has 1 atom stereocenters. The Morgan fingerprint density at radius 1 is 1.15 bits per heavy atom. The Labute approximate surface area is 162 Å². The van der Waals surface area contributed by atoms with E-state index < -0.39 is 6.10 Å². The van der Waals surface area contributed by atoms with E-state index in [9.17, 15) is 9.90 Å². The number of halogens is 1. The van der Waals surface area contributed by atoms with Crippen molar-refractivity contribution in [3.63, 3.8) is 0 Å². The number of para-hydroxylation sites is 1. The smallest absolute Gasteiger partial charge is 0.272 e. The van der Waals surface area contributed by atoms with E-state index in [1.54, 1.807) is 24.3 Å². The minimum atomic E-state index is -0.796. The van der Waals surface area contributed by atoms with Gasteiger partial charge in [0.2, 0.25) is 0 Å². The van der Waals surface area contributed by atoms with Crippen LogP contribution in [0.1, 0.15) is 39.8 Å². The van der Waals surface area contributed by atoms with Gasteiger partial charge in [0.05, 0.1) is 11.8 Å². The number of hydrogen-bond donors (Lipinski definition) is 2. The Bertz CT molecular complexity index is 952. The lowest BCUT2D eigenvalue weighted by Crippen LogP contribution is -2.29. The minimum Gasteiger partial charge on any atom is -0.387 e. The van der Waals surface area contributed by atoms with Crippen molar-refractivity contribution in [2.24, 2.45) is 0 Å². The molecule has 1 aliphatic rings. The molecule has 0 spiro atoms. The second-order valence-electron chi connectivity index (χ2n) is 6.65. The summed E-state index contributed by atoms with van der Waals surface area (Å²) < 4.78 is 1.87. The maximum atomic E-state index is 12.7. The van der Waals surface area contributed by atoms with Crippen molar-refractivity contribution in [1.82, 2.24) is 15.1 Å². The van der Waals surface area contributed by atoms with Gasteiger partial charge in [0.1, 0.15) is 0 Å². The first-order chi connectivity index (χ1) is 13.1. The highest BCUT2D eigenvalue weighted by atomic mass is 35.5. The number of hydrogen-bond acceptors (Lipinski definition) is 3. The molecule has 1 amide bonds. The van der Waals surface area contributed by atoms with Crippen LogP contribution in [0.5, 0.6) is 0 Å². The average molecular weight is 382 g/mol. The Morgan fingerprint density at radius 2 is 1.89 bits per heavy atom. The van der Waals surface area contributed by atoms with Crippen LogP contribution in [0, 0.1) is 0 Å². The summed E-state index contributed by atoms with van der Waals surface area (Å²) in [6, 6.07) is 16.8. The first-order valence-corrected chi connectivity index (χ1v) is 9.39. The van der Waals surface area contributed by atoms with Crippen molar-refractivity contribution in [3.05, 3.63) is 82.1 Å². The van der Waals surface area contributed by atoms with Gasteiger partial charge in [-0.15, -0.1) is 0 Å². The van der Waals surface area contributed by atoms with Crippen LogP contribution in [-0.4, -0.2) is 27.3 Å². The van der Waals surface area contributed by atoms with E-state index in [0.29, 0.717) is 16.3 Å². The van der Waals surface area contributed by atoms with Crippen LogP contribution < -0.4 is 5.32 Å². The van der Waals surface area contributed by atoms with Crippen LogP contribution >= 0.6 is 11.6 Å². The summed E-state index contributed by atoms with van der Waals surface area (Å²) in [4.78, 5) is 12.7. The summed E-state index contributed by atoms with van der Waals surface area (Å²) in [5.41, 5.74) is 4.23. The lowest BCUT2D eigenvalue weighted by molar-refractivity contribution is 0.0910. The number of nitrogens with zero attached hydrogens (tertiary/aromatic N) is 2. The molecule has 1 aliphatic carbocycles. The molecule has 0 radical (unpaired) electrons. The third kappa shape index (κ3) is 3.61. The third-order valence-corrected chi connectivity index (χ3v) is 5.11. The van der Waals surface area contributed by atoms with Gasteiger partial charge in [-0.2, -0.15) is 5.10 Å². The molecule has 0 fully saturated rings. The van der Waals surface area contributed by atoms with Crippen LogP contribution in [0.4, 0.5) is 0 Å². The van der Waals surface area contributed by atoms with Gasteiger partial charge < -0.3 is 10.4 Å². The van der Waals surface area contributed by atoms with E-state index in [1.165, 1.54) is 0 Å². The van der Waals surface area contributed by atoms with Crippen LogP contribution in [0.25, 0.3) is 5.69 Å². The highest BCUT2D eigenvalue weighted by Gasteiger charge is 2.27. The van der Waals surface area contributed by atoms with Gasteiger partial charge in [0.15, 0.2) is 5.69 Å². The maximum absolute atomic E-state index is 12.7. The normalized spacial score (nSPS) is 14.0. The molecule has 5 nitrogen and oxygen atoms in total. The van der Waals surface area contributed by atoms with Gasteiger partial charge in [-0.3, -0.25) is 4.79 Å². The molecule has 0 aliphatic heterocycles. The molecule has 0 saturated heterocycles. The average Bonchev–Trinajstić information content (AvgIpc) is 3.30. The summed E-state index contributed by atoms with van der Waals surface area (Å²) >= 11 is 5.87. The fourth-order valence-corrected chi connectivity index (χ4v) is 3.60. The second kappa shape index (κ2) is 7.55. The van der Waals surface area contributed by atoms with Crippen molar-refractivity contribution < 1.29 is 9.90 Å². The topological polar surface area (TPSA) is 67.2 Å². The van der Waals surface area contributed by atoms with E-state index in [-0.39, 0.29) is 12.5 Å². The highest BCUT2D eigenvalue weighted by Crippen LogP contribution is 2.27. The van der Waals surface area contributed by atoms with Gasteiger partial charge in [-0.1, -0.05) is 41.9 Å². The van der Waals surface area contributed by atoms with Crippen LogP contribution in [0.15, 0.2) is 54.6 Å². The number of fused-ring (bicyclic) bond motifs is 1. The predicted molar refractivity (Wildman–Crippen MR) is 104 cm³/mol. The molecule has 0 unspecified atom stereocenters. The van der Waals surface area contributed by atoms with Gasteiger partial charge in [0, 0.05) is 22.8 Å². The van der Waals surface area contributed by atoms with Crippen LogP contribution in [0.3, 0.4) is 0 Å². The van der Waals surface area contributed by atoms with Gasteiger partial charge in [-0.05, 0) is 49.1 Å². The molecule has 2 aromatic carbocycles. The quantitative estimate of drug-likeness (QED) is 0.711. The monoisotopic (exact) mass is 381 g/mol. The van der Waals surface area contributed by atoms with E-state index in [1.807, 2.05) is 35.0 Å². The molecular weight excluding hydrogens is 362 g/mol. The number of amides is 1. The molecule has 3 aromatic rings. The standard InChI is InChI=1S/C21H20ClN3O2/c22-15-11-9-14(10-12-15)19(26)13-23-21(27)20-17-7-4-8-18(17)25(24-20)16-5-2-1-3-6-16/h1-3,5-6,9-12,19,26H,4,7-8,13H2,(H,23,27)/t19-/m1/s1. The molecule has 0 bridgehead atoms. The van der Waals surface area contributed by atoms with Crippen molar-refractivity contribution >= 4 is 17.5 Å². The summed E-state index contributed by atoms with van der Waals surface area (Å²) in [5, 5.41) is 18.3. The molecule has 138 valence electrons. The summed E-state index contributed by atoms with van der Waals surface area (Å²) in [7, 11) is 0. The number of carbonyl (C=O) groups excluding carboxylic acids is 1. The predicted octanol–water partition coefficient (Wildman–Crippen LogP) is 3.48. The second-order valence-corrected chi connectivity index (χ2v) is 7.09. The number of nitrogens with one attached hydrogen (secondary N) is 1. The number of aliphatic hydroxyl groups is 1. The van der Waals surface area contributed by atoms with E-state index >= 15 is 0 Å². The van der Waals surface area contributed by atoms with Crippen molar-refractivity contribution in [1.29, 1.82) is 0 Å². The van der Waals surface area contributed by atoms with Crippen LogP contribution in [-0.2, 0) is 12.8 Å². The first-order valence-electron chi connectivity index (χ1n) is 9.01. The molecular formula is C21H20ClN3O2. The summed E-state index contributed by atoms with van der Waals surface area (Å²) in [5.74, 6) is -0.254. The lowest BCUT2D eigenvalue weighted by atomic mass is 10.1. The Morgan fingerprint density at radius 3 is 2.63 bits per heavy atom. The fraction of sp³-hybridized carbons (Fsp3) is 0.238. The van der Waals surface area contributed by atoms with Crippen molar-refractivity contribution in [2.75, 3.05) is 6.54 Å². The van der Waals surface area contributed by atoms with E-state index in [2.05, 4.69) is 10.4 Å². The third-order valence-electron chi connectivity index (χ3n) is 4.86. The molecule has 27 heavy (non-hydrogen) atoms. The van der Waals surface area contributed by atoms with E-state index in [4.69, 9.17) is 11.6 Å². The molecule has 1 aromatic heterocycles. The number of benzene rings is 2. The zero-order valence-corrected chi connectivity index (χ0v) is 15.5. The minimum absolute atomic E-state index is 0.118. The zero-order valence-electron chi connectivity index (χ0n) is 14.7. The number of carbonyl (C=O) groups is 1. The molecule has 6 heteroatoms. The fourth-order valence-electron chi connectivity index (χ4n) is 3.48. The van der Waals surface area contributed by atoms with Crippen molar-refractivity contribution in [3.8, 4) is 5.69 Å². The number of aromatic nitrogens is 2. The molecule has 2 N–H and O–H groups in total. The molecule has 0 saturated carbocycles. The molecule has 1 heterocycles. The van der Waals surface area contributed by atoms with Gasteiger partial charge in [0.25, 0.3) is 5.91 Å². The molecule has 4 rings (SSSR count). The van der Waals surface area contributed by atoms with Crippen molar-refractivity contribution in [2.45, 2.75) is 25.4 Å². The van der Waals surface area contributed by atoms with Gasteiger partial charge in [-0.25, -0.2) is 4.68 Å². The Kier molecular flexibility index (Phi) is 4.97. The zero-order chi connectivity index (χ0) is 18.8. The highest BCUT2D eigenvalue weighted by molar-refractivity contribution is 6.30. The van der Waals surface area contributed by atoms with Crippen LogP contribution in [0.2, 0.25) is 5.02 Å².